The van der Waals surface area contributed by atoms with Crippen LogP contribution in [0.3, 0.4) is 0 Å². The lowest BCUT2D eigenvalue weighted by Gasteiger charge is -2.35. The number of esters is 1. The first kappa shape index (κ1) is 13.8. The fourth-order valence-corrected chi connectivity index (χ4v) is 2.68. The first-order valence-corrected chi connectivity index (χ1v) is 6.90. The summed E-state index contributed by atoms with van der Waals surface area (Å²) in [6.45, 7) is 2.64. The van der Waals surface area contributed by atoms with Gasteiger partial charge < -0.3 is 15.0 Å². The first-order chi connectivity index (χ1) is 9.13. The number of amides is 2. The Morgan fingerprint density at radius 1 is 1.37 bits per heavy atom. The van der Waals surface area contributed by atoms with E-state index in [4.69, 9.17) is 4.74 Å². The molecule has 2 rings (SSSR count). The van der Waals surface area contributed by atoms with Crippen LogP contribution >= 0.6 is 0 Å². The first-order valence-electron chi connectivity index (χ1n) is 6.90. The molecule has 2 heterocycles. The Hall–Kier alpha value is -1.59. The molecule has 6 heteroatoms. The van der Waals surface area contributed by atoms with Gasteiger partial charge in [-0.05, 0) is 32.6 Å². The number of rotatable bonds is 3. The number of ether oxygens (including phenoxy) is 1. The van der Waals surface area contributed by atoms with Crippen molar-refractivity contribution in [1.82, 2.24) is 10.2 Å². The van der Waals surface area contributed by atoms with Crippen LogP contribution < -0.4 is 5.32 Å². The summed E-state index contributed by atoms with van der Waals surface area (Å²) in [6, 6.07) is -0.957. The van der Waals surface area contributed by atoms with E-state index in [0.29, 0.717) is 32.4 Å². The van der Waals surface area contributed by atoms with Gasteiger partial charge in [0, 0.05) is 13.0 Å². The highest BCUT2D eigenvalue weighted by atomic mass is 16.5. The molecule has 19 heavy (non-hydrogen) atoms. The van der Waals surface area contributed by atoms with E-state index in [0.717, 1.165) is 12.8 Å². The van der Waals surface area contributed by atoms with Crippen molar-refractivity contribution in [1.29, 1.82) is 0 Å². The Morgan fingerprint density at radius 2 is 2.16 bits per heavy atom. The molecule has 0 bridgehead atoms. The molecule has 106 valence electrons. The SMILES string of the molecule is CCOC(=O)C1CCCCN1C(=O)[C@@H]1CCC(=O)N1. The molecule has 2 aliphatic rings. The molecule has 1 unspecified atom stereocenters. The largest absolute Gasteiger partial charge is 0.464 e. The highest BCUT2D eigenvalue weighted by molar-refractivity contribution is 5.93. The third-order valence-corrected chi connectivity index (χ3v) is 3.64. The fourth-order valence-electron chi connectivity index (χ4n) is 2.68. The average Bonchev–Trinajstić information content (AvgIpc) is 2.85. The Morgan fingerprint density at radius 3 is 2.79 bits per heavy atom. The zero-order valence-corrected chi connectivity index (χ0v) is 11.2. The lowest BCUT2D eigenvalue weighted by Crippen LogP contribution is -2.54. The summed E-state index contributed by atoms with van der Waals surface area (Å²) >= 11 is 0. The summed E-state index contributed by atoms with van der Waals surface area (Å²) in [5, 5.41) is 2.66. The maximum Gasteiger partial charge on any atom is 0.328 e. The number of likely N-dealkylation sites (tertiary alicyclic amines) is 1. The third kappa shape index (κ3) is 3.05. The van der Waals surface area contributed by atoms with Crippen LogP contribution in [0.4, 0.5) is 0 Å². The van der Waals surface area contributed by atoms with Gasteiger partial charge >= 0.3 is 5.97 Å². The van der Waals surface area contributed by atoms with Gasteiger partial charge in [-0.1, -0.05) is 0 Å². The van der Waals surface area contributed by atoms with E-state index in [9.17, 15) is 14.4 Å². The number of carbonyl (C=O) groups is 3. The number of nitrogens with zero attached hydrogens (tertiary/aromatic N) is 1. The lowest BCUT2D eigenvalue weighted by atomic mass is 10.0. The summed E-state index contributed by atoms with van der Waals surface area (Å²) < 4.78 is 5.03. The number of nitrogens with one attached hydrogen (secondary N) is 1. The smallest absolute Gasteiger partial charge is 0.328 e. The minimum Gasteiger partial charge on any atom is -0.464 e. The van der Waals surface area contributed by atoms with Crippen molar-refractivity contribution in [2.24, 2.45) is 0 Å². The van der Waals surface area contributed by atoms with Crippen molar-refractivity contribution in [2.45, 2.75) is 51.1 Å². The normalized spacial score (nSPS) is 27.0. The van der Waals surface area contributed by atoms with Gasteiger partial charge in [-0.15, -0.1) is 0 Å². The molecule has 0 saturated carbocycles. The summed E-state index contributed by atoms with van der Waals surface area (Å²) in [6.07, 6.45) is 3.36. The zero-order valence-electron chi connectivity index (χ0n) is 11.2. The van der Waals surface area contributed by atoms with Gasteiger partial charge in [0.05, 0.1) is 6.61 Å². The van der Waals surface area contributed by atoms with E-state index in [1.165, 1.54) is 0 Å². The van der Waals surface area contributed by atoms with Crippen molar-refractivity contribution in [3.63, 3.8) is 0 Å². The third-order valence-electron chi connectivity index (χ3n) is 3.64. The summed E-state index contributed by atoms with van der Waals surface area (Å²) in [5.41, 5.74) is 0. The van der Waals surface area contributed by atoms with Crippen LogP contribution in [-0.4, -0.2) is 47.9 Å². The van der Waals surface area contributed by atoms with E-state index >= 15 is 0 Å². The quantitative estimate of drug-likeness (QED) is 0.742. The van der Waals surface area contributed by atoms with Gasteiger partial charge in [0.1, 0.15) is 12.1 Å². The van der Waals surface area contributed by atoms with Gasteiger partial charge in [0.25, 0.3) is 0 Å². The molecule has 2 fully saturated rings. The van der Waals surface area contributed by atoms with Gasteiger partial charge in [-0.2, -0.15) is 0 Å². The predicted octanol–water partition coefficient (Wildman–Crippen LogP) is 0.209. The molecule has 0 aromatic rings. The Bertz CT molecular complexity index is 383. The number of piperidine rings is 1. The molecule has 2 atom stereocenters. The number of hydrogen-bond donors (Lipinski definition) is 1. The summed E-state index contributed by atoms with van der Waals surface area (Å²) in [4.78, 5) is 37.0. The van der Waals surface area contributed by atoms with E-state index in [2.05, 4.69) is 5.32 Å². The molecule has 1 N–H and O–H groups in total. The average molecular weight is 268 g/mol. The molecular weight excluding hydrogens is 248 g/mol. The molecule has 0 aliphatic carbocycles. The molecule has 0 spiro atoms. The summed E-state index contributed by atoms with van der Waals surface area (Å²) in [7, 11) is 0. The van der Waals surface area contributed by atoms with E-state index in [-0.39, 0.29) is 17.8 Å². The van der Waals surface area contributed by atoms with Gasteiger partial charge in [0.2, 0.25) is 11.8 Å². The topological polar surface area (TPSA) is 75.7 Å². The van der Waals surface area contributed by atoms with Crippen molar-refractivity contribution < 1.29 is 19.1 Å². The Balaban J connectivity index is 2.04. The molecule has 2 saturated heterocycles. The van der Waals surface area contributed by atoms with Crippen LogP contribution in [0.2, 0.25) is 0 Å². The maximum atomic E-state index is 12.4. The predicted molar refractivity (Wildman–Crippen MR) is 67.1 cm³/mol. The molecule has 0 aromatic carbocycles. The van der Waals surface area contributed by atoms with Crippen LogP contribution in [0.5, 0.6) is 0 Å². The van der Waals surface area contributed by atoms with Gasteiger partial charge in [0.15, 0.2) is 0 Å². The molecule has 6 nitrogen and oxygen atoms in total. The minimum atomic E-state index is -0.487. The highest BCUT2D eigenvalue weighted by Gasteiger charge is 2.38. The van der Waals surface area contributed by atoms with Crippen molar-refractivity contribution >= 4 is 17.8 Å². The van der Waals surface area contributed by atoms with E-state index < -0.39 is 12.1 Å². The van der Waals surface area contributed by atoms with Crippen LogP contribution in [0.25, 0.3) is 0 Å². The van der Waals surface area contributed by atoms with Crippen LogP contribution in [0.15, 0.2) is 0 Å². The van der Waals surface area contributed by atoms with Crippen molar-refractivity contribution in [3.8, 4) is 0 Å². The zero-order chi connectivity index (χ0) is 13.8. The van der Waals surface area contributed by atoms with Crippen LogP contribution in [-0.2, 0) is 19.1 Å². The second kappa shape index (κ2) is 6.04. The summed E-state index contributed by atoms with van der Waals surface area (Å²) in [5.74, 6) is -0.577. The second-order valence-electron chi connectivity index (χ2n) is 4.95. The van der Waals surface area contributed by atoms with Gasteiger partial charge in [-0.25, -0.2) is 4.79 Å². The highest BCUT2D eigenvalue weighted by Crippen LogP contribution is 2.21. The number of carbonyl (C=O) groups excluding carboxylic acids is 3. The molecule has 0 radical (unpaired) electrons. The molecule has 2 amide bonds. The standard InChI is InChI=1S/C13H20N2O4/c1-2-19-13(18)10-5-3-4-8-15(10)12(17)9-6-7-11(16)14-9/h9-10H,2-8H2,1H3,(H,14,16)/t9-,10?/m0/s1. The van der Waals surface area contributed by atoms with Crippen molar-refractivity contribution in [3.05, 3.63) is 0 Å². The monoisotopic (exact) mass is 268 g/mol. The Kier molecular flexibility index (Phi) is 4.39. The van der Waals surface area contributed by atoms with E-state index in [1.807, 2.05) is 0 Å². The minimum absolute atomic E-state index is 0.0944. The Labute approximate surface area is 112 Å². The number of hydrogen-bond acceptors (Lipinski definition) is 4. The maximum absolute atomic E-state index is 12.4. The molecule has 0 aromatic heterocycles. The van der Waals surface area contributed by atoms with Crippen molar-refractivity contribution in [2.75, 3.05) is 13.2 Å². The molecule has 2 aliphatic heterocycles. The molecular formula is C13H20N2O4. The van der Waals surface area contributed by atoms with E-state index in [1.54, 1.807) is 11.8 Å². The fraction of sp³-hybridized carbons (Fsp3) is 0.769. The van der Waals surface area contributed by atoms with Crippen LogP contribution in [0, 0.1) is 0 Å². The lowest BCUT2D eigenvalue weighted by molar-refractivity contribution is -0.157. The second-order valence-corrected chi connectivity index (χ2v) is 4.95. The van der Waals surface area contributed by atoms with Crippen LogP contribution in [0.1, 0.15) is 39.0 Å². The van der Waals surface area contributed by atoms with Gasteiger partial charge in [-0.3, -0.25) is 9.59 Å².